The van der Waals surface area contributed by atoms with Gasteiger partial charge in [0.2, 0.25) is 5.85 Å². The van der Waals surface area contributed by atoms with Gasteiger partial charge in [-0.05, 0) is 6.92 Å². The van der Waals surface area contributed by atoms with E-state index in [1.165, 1.54) is 13.8 Å². The van der Waals surface area contributed by atoms with Crippen molar-refractivity contribution in [3.05, 3.63) is 0 Å². The van der Waals surface area contributed by atoms with Gasteiger partial charge in [-0.2, -0.15) is 0 Å². The van der Waals surface area contributed by atoms with E-state index < -0.39 is 18.1 Å². The third-order valence-corrected chi connectivity index (χ3v) is 1.35. The van der Waals surface area contributed by atoms with Crippen molar-refractivity contribution in [2.75, 3.05) is 0 Å². The second kappa shape index (κ2) is 2.97. The molecular formula is C6H10F4O. The van der Waals surface area contributed by atoms with Gasteiger partial charge in [-0.3, -0.25) is 4.74 Å². The summed E-state index contributed by atoms with van der Waals surface area (Å²) in [6.45, 7) is 3.38. The van der Waals surface area contributed by atoms with Crippen molar-refractivity contribution >= 4 is 0 Å². The standard InChI is InChI=1S/C6H10F4O/c1-4(2)5(3,7)11-6(8,9)10/h4H,1-3H3. The summed E-state index contributed by atoms with van der Waals surface area (Å²) < 4.78 is 50.3. The number of alkyl halides is 4. The van der Waals surface area contributed by atoms with Crippen LogP contribution >= 0.6 is 0 Å². The Bertz CT molecular complexity index is 127. The Balaban J connectivity index is 4.13. The summed E-state index contributed by atoms with van der Waals surface area (Å²) in [6, 6.07) is 0. The number of hydrogen-bond acceptors (Lipinski definition) is 1. The normalized spacial score (nSPS) is 18.5. The van der Waals surface area contributed by atoms with Crippen LogP contribution in [0.2, 0.25) is 0 Å². The molecule has 0 aromatic carbocycles. The zero-order valence-corrected chi connectivity index (χ0v) is 6.50. The summed E-state index contributed by atoms with van der Waals surface area (Å²) >= 11 is 0. The maximum absolute atomic E-state index is 12.8. The van der Waals surface area contributed by atoms with Crippen molar-refractivity contribution in [2.45, 2.75) is 33.0 Å². The Labute approximate surface area is 62.3 Å². The maximum atomic E-state index is 12.8. The summed E-state index contributed by atoms with van der Waals surface area (Å²) in [4.78, 5) is 0. The van der Waals surface area contributed by atoms with Crippen LogP contribution in [0.4, 0.5) is 17.6 Å². The largest absolute Gasteiger partial charge is 0.525 e. The van der Waals surface area contributed by atoms with Gasteiger partial charge >= 0.3 is 6.36 Å². The third-order valence-electron chi connectivity index (χ3n) is 1.35. The highest BCUT2D eigenvalue weighted by molar-refractivity contribution is 4.65. The lowest BCUT2D eigenvalue weighted by molar-refractivity contribution is -0.396. The van der Waals surface area contributed by atoms with Crippen molar-refractivity contribution in [1.29, 1.82) is 0 Å². The highest BCUT2D eigenvalue weighted by Gasteiger charge is 2.42. The van der Waals surface area contributed by atoms with Crippen LogP contribution in [0.1, 0.15) is 20.8 Å². The molecule has 0 aliphatic rings. The molecule has 0 heterocycles. The molecule has 0 saturated heterocycles. The second-order valence-corrected chi connectivity index (χ2v) is 2.69. The van der Waals surface area contributed by atoms with Gasteiger partial charge in [-0.25, -0.2) is 4.39 Å². The van der Waals surface area contributed by atoms with Gasteiger partial charge in [-0.15, -0.1) is 13.2 Å². The molecule has 0 spiro atoms. The molecule has 1 unspecified atom stereocenters. The van der Waals surface area contributed by atoms with Gasteiger partial charge in [0.1, 0.15) is 0 Å². The predicted molar refractivity (Wildman–Crippen MR) is 31.5 cm³/mol. The van der Waals surface area contributed by atoms with Crippen molar-refractivity contribution < 1.29 is 22.3 Å². The fourth-order valence-corrected chi connectivity index (χ4v) is 0.344. The monoisotopic (exact) mass is 174 g/mol. The second-order valence-electron chi connectivity index (χ2n) is 2.69. The molecule has 5 heteroatoms. The fourth-order valence-electron chi connectivity index (χ4n) is 0.344. The predicted octanol–water partition coefficient (Wildman–Crippen LogP) is 2.86. The molecule has 1 atom stereocenters. The first-order valence-corrected chi connectivity index (χ1v) is 3.11. The SMILES string of the molecule is CC(C)C(C)(F)OC(F)(F)F. The number of rotatable bonds is 2. The summed E-state index contributed by atoms with van der Waals surface area (Å²) in [7, 11) is 0. The summed E-state index contributed by atoms with van der Waals surface area (Å²) in [6.07, 6.45) is -4.91. The fraction of sp³-hybridized carbons (Fsp3) is 1.00. The zero-order chi connectivity index (χ0) is 9.28. The van der Waals surface area contributed by atoms with Gasteiger partial charge < -0.3 is 0 Å². The molecule has 0 radical (unpaired) electrons. The van der Waals surface area contributed by atoms with Gasteiger partial charge in [0.15, 0.2) is 0 Å². The molecule has 0 saturated carbocycles. The summed E-state index contributed by atoms with van der Waals surface area (Å²) in [5.74, 6) is -3.47. The third kappa shape index (κ3) is 4.19. The summed E-state index contributed by atoms with van der Waals surface area (Å²) in [5, 5.41) is 0. The average Bonchev–Trinajstić information content (AvgIpc) is 1.56. The highest BCUT2D eigenvalue weighted by Crippen LogP contribution is 2.31. The molecule has 0 amide bonds. The van der Waals surface area contributed by atoms with Crippen LogP contribution in [0.5, 0.6) is 0 Å². The first kappa shape index (κ1) is 10.7. The Morgan fingerprint density at radius 1 is 1.09 bits per heavy atom. The highest BCUT2D eigenvalue weighted by atomic mass is 19.4. The first-order chi connectivity index (χ1) is 4.65. The van der Waals surface area contributed by atoms with E-state index >= 15 is 0 Å². The minimum absolute atomic E-state index is 0.755. The molecule has 11 heavy (non-hydrogen) atoms. The molecule has 0 aromatic heterocycles. The van der Waals surface area contributed by atoms with Gasteiger partial charge in [-0.1, -0.05) is 13.8 Å². The Kier molecular flexibility index (Phi) is 2.88. The Morgan fingerprint density at radius 3 is 1.55 bits per heavy atom. The average molecular weight is 174 g/mol. The lowest BCUT2D eigenvalue weighted by atomic mass is 10.1. The van der Waals surface area contributed by atoms with Crippen LogP contribution in [-0.4, -0.2) is 12.2 Å². The van der Waals surface area contributed by atoms with Crippen LogP contribution in [0.25, 0.3) is 0 Å². The molecule has 68 valence electrons. The molecular weight excluding hydrogens is 164 g/mol. The van der Waals surface area contributed by atoms with Crippen molar-refractivity contribution in [3.8, 4) is 0 Å². The van der Waals surface area contributed by atoms with E-state index in [1.54, 1.807) is 0 Å². The molecule has 0 aromatic rings. The molecule has 0 bridgehead atoms. The van der Waals surface area contributed by atoms with Crippen molar-refractivity contribution in [1.82, 2.24) is 0 Å². The van der Waals surface area contributed by atoms with Crippen LogP contribution in [0.15, 0.2) is 0 Å². The van der Waals surface area contributed by atoms with E-state index in [1.807, 2.05) is 0 Å². The molecule has 0 rings (SSSR count). The van der Waals surface area contributed by atoms with E-state index in [0.29, 0.717) is 0 Å². The number of ether oxygens (including phenoxy) is 1. The summed E-state index contributed by atoms with van der Waals surface area (Å²) in [5.41, 5.74) is 0. The van der Waals surface area contributed by atoms with Crippen LogP contribution in [-0.2, 0) is 4.74 Å². The molecule has 1 nitrogen and oxygen atoms in total. The Hall–Kier alpha value is -0.320. The zero-order valence-electron chi connectivity index (χ0n) is 6.50. The van der Waals surface area contributed by atoms with Gasteiger partial charge in [0, 0.05) is 5.92 Å². The van der Waals surface area contributed by atoms with E-state index in [4.69, 9.17) is 0 Å². The maximum Gasteiger partial charge on any atom is 0.525 e. The lowest BCUT2D eigenvalue weighted by Crippen LogP contribution is -2.35. The minimum atomic E-state index is -4.91. The van der Waals surface area contributed by atoms with Crippen LogP contribution < -0.4 is 0 Å². The number of halogens is 4. The molecule has 0 aliphatic heterocycles. The van der Waals surface area contributed by atoms with E-state index in [0.717, 1.165) is 6.92 Å². The van der Waals surface area contributed by atoms with Crippen LogP contribution in [0, 0.1) is 5.92 Å². The smallest absolute Gasteiger partial charge is 0.254 e. The van der Waals surface area contributed by atoms with Gasteiger partial charge in [0.25, 0.3) is 0 Å². The Morgan fingerprint density at radius 2 is 1.45 bits per heavy atom. The topological polar surface area (TPSA) is 9.23 Å². The van der Waals surface area contributed by atoms with E-state index in [9.17, 15) is 17.6 Å². The van der Waals surface area contributed by atoms with Crippen LogP contribution in [0.3, 0.4) is 0 Å². The first-order valence-electron chi connectivity index (χ1n) is 3.11. The molecule has 0 N–H and O–H groups in total. The molecule has 0 aliphatic carbocycles. The quantitative estimate of drug-likeness (QED) is 0.585. The lowest BCUT2D eigenvalue weighted by Gasteiger charge is -2.25. The van der Waals surface area contributed by atoms with Gasteiger partial charge in [0.05, 0.1) is 0 Å². The molecule has 0 fully saturated rings. The van der Waals surface area contributed by atoms with Crippen molar-refractivity contribution in [2.24, 2.45) is 5.92 Å². The van der Waals surface area contributed by atoms with Crippen molar-refractivity contribution in [3.63, 3.8) is 0 Å². The van der Waals surface area contributed by atoms with E-state index in [-0.39, 0.29) is 0 Å². The van der Waals surface area contributed by atoms with E-state index in [2.05, 4.69) is 4.74 Å². The minimum Gasteiger partial charge on any atom is -0.254 e. The number of hydrogen-bond donors (Lipinski definition) is 0.